The van der Waals surface area contributed by atoms with Gasteiger partial charge in [-0.1, -0.05) is 115 Å². The van der Waals surface area contributed by atoms with Crippen molar-refractivity contribution in [2.24, 2.45) is 0 Å². The molecule has 30 heavy (non-hydrogen) atoms. The van der Waals surface area contributed by atoms with Gasteiger partial charge in [0.25, 0.3) is 0 Å². The molecule has 1 unspecified atom stereocenters. The van der Waals surface area contributed by atoms with E-state index in [2.05, 4.69) is 0 Å². The van der Waals surface area contributed by atoms with Crippen LogP contribution in [0.25, 0.3) is 0 Å². The molecule has 3 nitrogen and oxygen atoms in total. The Morgan fingerprint density at radius 2 is 1.43 bits per heavy atom. The van der Waals surface area contributed by atoms with Crippen molar-refractivity contribution >= 4 is 45.0 Å². The highest BCUT2D eigenvalue weighted by Gasteiger charge is 2.36. The molecule has 0 aromatic heterocycles. The summed E-state index contributed by atoms with van der Waals surface area (Å²) in [6.07, 6.45) is 0. The molecule has 0 radical (unpaired) electrons. The van der Waals surface area contributed by atoms with Crippen molar-refractivity contribution in [1.82, 2.24) is 4.90 Å². The molecule has 2 atom stereocenters. The van der Waals surface area contributed by atoms with Gasteiger partial charge in [0, 0.05) is 16.6 Å². The maximum absolute atomic E-state index is 13.5. The summed E-state index contributed by atoms with van der Waals surface area (Å²) in [7, 11) is -1.43. The summed E-state index contributed by atoms with van der Waals surface area (Å²) in [4.78, 5) is 14.9. The molecule has 0 saturated carbocycles. The van der Waals surface area contributed by atoms with E-state index in [1.165, 1.54) is 11.8 Å². The predicted molar refractivity (Wildman–Crippen MR) is 129 cm³/mol. The third-order valence-electron chi connectivity index (χ3n) is 5.06. The van der Waals surface area contributed by atoms with Crippen LogP contribution in [0.5, 0.6) is 0 Å². The number of thioether (sulfide) groups is 1. The van der Waals surface area contributed by atoms with Crippen LogP contribution in [0.4, 0.5) is 0 Å². The van der Waals surface area contributed by atoms with Crippen LogP contribution in [-0.4, -0.2) is 30.8 Å². The molecule has 1 aliphatic rings. The van der Waals surface area contributed by atoms with Crippen LogP contribution >= 0.6 is 24.0 Å². The first-order valence-corrected chi connectivity index (χ1v) is 12.4. The van der Waals surface area contributed by atoms with Crippen molar-refractivity contribution in [2.45, 2.75) is 11.3 Å². The van der Waals surface area contributed by atoms with Crippen LogP contribution < -0.4 is 0 Å². The van der Waals surface area contributed by atoms with Crippen LogP contribution in [0.3, 0.4) is 0 Å². The molecular weight excluding hydrogens is 430 g/mol. The van der Waals surface area contributed by atoms with Crippen molar-refractivity contribution in [1.29, 1.82) is 0 Å². The molecule has 4 rings (SSSR count). The van der Waals surface area contributed by atoms with E-state index in [4.69, 9.17) is 12.2 Å². The van der Waals surface area contributed by atoms with Gasteiger partial charge in [-0.15, -0.1) is 0 Å². The van der Waals surface area contributed by atoms with Crippen molar-refractivity contribution in [3.63, 3.8) is 0 Å². The number of carbonyl (C=O) groups is 1. The van der Waals surface area contributed by atoms with Crippen LogP contribution in [0.2, 0.25) is 0 Å². The second kappa shape index (κ2) is 9.69. The topological polar surface area (TPSA) is 37.4 Å². The van der Waals surface area contributed by atoms with Crippen molar-refractivity contribution in [3.8, 4) is 0 Å². The molecule has 0 bridgehead atoms. The first-order valence-electron chi connectivity index (χ1n) is 9.66. The van der Waals surface area contributed by atoms with Gasteiger partial charge in [0.1, 0.15) is 10.1 Å². The Kier molecular flexibility index (Phi) is 6.77. The molecular formula is C24H21NO2S3. The summed E-state index contributed by atoms with van der Waals surface area (Å²) in [6.45, 7) is 0. The highest BCUT2D eigenvalue weighted by Crippen LogP contribution is 2.36. The van der Waals surface area contributed by atoms with Crippen molar-refractivity contribution in [3.05, 3.63) is 108 Å². The minimum Gasteiger partial charge on any atom is -0.288 e. The zero-order chi connectivity index (χ0) is 20.9. The van der Waals surface area contributed by atoms with E-state index in [0.717, 1.165) is 22.4 Å². The zero-order valence-corrected chi connectivity index (χ0v) is 18.7. The second-order valence-electron chi connectivity index (χ2n) is 6.99. The number of amides is 1. The fraction of sp³-hybridized carbons (Fsp3) is 0.167. The third-order valence-corrected chi connectivity index (χ3v) is 8.14. The number of carbonyl (C=O) groups excluding carboxylic acids is 1. The minimum absolute atomic E-state index is 0.0709. The van der Waals surface area contributed by atoms with Gasteiger partial charge in [0.2, 0.25) is 5.91 Å². The molecule has 0 N–H and O–H groups in total. The second-order valence-corrected chi connectivity index (χ2v) is 10.2. The molecule has 1 saturated heterocycles. The van der Waals surface area contributed by atoms with Gasteiger partial charge in [-0.2, -0.15) is 0 Å². The normalized spacial score (nSPS) is 17.3. The Hall–Kier alpha value is -2.28. The van der Waals surface area contributed by atoms with Gasteiger partial charge in [-0.3, -0.25) is 13.9 Å². The van der Waals surface area contributed by atoms with E-state index in [-0.39, 0.29) is 23.0 Å². The molecule has 0 spiro atoms. The third kappa shape index (κ3) is 4.56. The lowest BCUT2D eigenvalue weighted by atomic mass is 10.0. The lowest BCUT2D eigenvalue weighted by molar-refractivity contribution is -0.125. The number of rotatable bonds is 6. The van der Waals surface area contributed by atoms with Crippen LogP contribution in [0.1, 0.15) is 28.0 Å². The molecule has 3 aromatic rings. The lowest BCUT2D eigenvalue weighted by Crippen LogP contribution is -2.37. The number of thiocarbonyl (C=S) groups is 1. The molecule has 6 heteroatoms. The van der Waals surface area contributed by atoms with Gasteiger partial charge in [-0.25, -0.2) is 0 Å². The van der Waals surface area contributed by atoms with Crippen LogP contribution in [-0.2, 0) is 15.6 Å². The molecule has 152 valence electrons. The largest absolute Gasteiger partial charge is 0.288 e. The van der Waals surface area contributed by atoms with Crippen molar-refractivity contribution in [2.75, 3.05) is 11.5 Å². The number of hydrogen-bond donors (Lipinski definition) is 0. The average Bonchev–Trinajstić information content (AvgIpc) is 3.17. The molecule has 1 heterocycles. The summed E-state index contributed by atoms with van der Waals surface area (Å²) in [6, 6.07) is 29.2. The molecule has 1 amide bonds. The van der Waals surface area contributed by atoms with Crippen LogP contribution in [0.15, 0.2) is 91.0 Å². The SMILES string of the molecule is O=C(CS(=O)C(c1ccccc1)c1ccccc1)N1C(=S)SC[C@H]1c1ccccc1. The molecule has 1 fully saturated rings. The number of nitrogens with zero attached hydrogens (tertiary/aromatic N) is 1. The zero-order valence-electron chi connectivity index (χ0n) is 16.2. The summed E-state index contributed by atoms with van der Waals surface area (Å²) in [5, 5.41) is -0.365. The Labute approximate surface area is 189 Å². The summed E-state index contributed by atoms with van der Waals surface area (Å²) >= 11 is 6.97. The molecule has 1 aliphatic heterocycles. The van der Waals surface area contributed by atoms with Gasteiger partial charge in [0.05, 0.1) is 11.3 Å². The van der Waals surface area contributed by atoms with Gasteiger partial charge in [-0.05, 0) is 16.7 Å². The first kappa shape index (κ1) is 21.0. The van der Waals surface area contributed by atoms with Crippen LogP contribution in [0, 0.1) is 0 Å². The monoisotopic (exact) mass is 451 g/mol. The average molecular weight is 452 g/mol. The Morgan fingerprint density at radius 1 is 0.933 bits per heavy atom. The van der Waals surface area contributed by atoms with E-state index in [0.29, 0.717) is 4.32 Å². The van der Waals surface area contributed by atoms with E-state index >= 15 is 0 Å². The standard InChI is InChI=1S/C24H21NO2S3/c26-22(25-21(16-29-24(25)28)18-10-4-1-5-11-18)17-30(27)23(19-12-6-2-7-13-19)20-14-8-3-9-15-20/h1-15,21,23H,16-17H2/t21-,30?/m0/s1. The quantitative estimate of drug-likeness (QED) is 0.487. The Bertz CT molecular complexity index is 1000. The Morgan fingerprint density at radius 3 is 1.97 bits per heavy atom. The smallest absolute Gasteiger partial charge is 0.241 e. The summed E-state index contributed by atoms with van der Waals surface area (Å²) in [5.41, 5.74) is 2.92. The molecule has 3 aromatic carbocycles. The van der Waals surface area contributed by atoms with E-state index < -0.39 is 10.8 Å². The molecule has 0 aliphatic carbocycles. The number of hydrogen-bond acceptors (Lipinski definition) is 4. The fourth-order valence-corrected chi connectivity index (χ4v) is 6.56. The van der Waals surface area contributed by atoms with Crippen molar-refractivity contribution < 1.29 is 9.00 Å². The van der Waals surface area contributed by atoms with Gasteiger partial charge in [0.15, 0.2) is 0 Å². The first-order chi connectivity index (χ1) is 14.6. The van der Waals surface area contributed by atoms with Gasteiger partial charge >= 0.3 is 0 Å². The van der Waals surface area contributed by atoms with E-state index in [1.54, 1.807) is 4.90 Å². The van der Waals surface area contributed by atoms with Gasteiger partial charge < -0.3 is 0 Å². The van der Waals surface area contributed by atoms with E-state index in [9.17, 15) is 9.00 Å². The summed E-state index contributed by atoms with van der Waals surface area (Å²) in [5.74, 6) is 0.467. The minimum atomic E-state index is -1.43. The fourth-order valence-electron chi connectivity index (χ4n) is 3.64. The predicted octanol–water partition coefficient (Wildman–Crippen LogP) is 5.13. The lowest BCUT2D eigenvalue weighted by Gasteiger charge is -2.25. The summed E-state index contributed by atoms with van der Waals surface area (Å²) < 4.78 is 14.0. The highest BCUT2D eigenvalue weighted by molar-refractivity contribution is 8.23. The maximum Gasteiger partial charge on any atom is 0.241 e. The Balaban J connectivity index is 1.59. The maximum atomic E-state index is 13.5. The highest BCUT2D eigenvalue weighted by atomic mass is 32.2. The number of benzene rings is 3. The van der Waals surface area contributed by atoms with E-state index in [1.807, 2.05) is 91.0 Å².